The zero-order valence-corrected chi connectivity index (χ0v) is 45.5. The molecular formula is C55H69N11O11S2. The van der Waals surface area contributed by atoms with Gasteiger partial charge in [0.2, 0.25) is 35.4 Å². The first kappa shape index (κ1) is 62.1. The van der Waals surface area contributed by atoms with Crippen LogP contribution in [0.25, 0.3) is 10.9 Å². The number of hydrogen-bond acceptors (Lipinski definition) is 14. The van der Waals surface area contributed by atoms with Gasteiger partial charge in [0, 0.05) is 60.5 Å². The molecule has 0 aliphatic carbocycles. The molecule has 14 N–H and O–H groups in total. The van der Waals surface area contributed by atoms with Gasteiger partial charge in [-0.25, -0.2) is 4.79 Å². The number of amides is 8. The fourth-order valence-electron chi connectivity index (χ4n) is 8.35. The number of carboxylic acids is 1. The van der Waals surface area contributed by atoms with Crippen molar-refractivity contribution >= 4 is 89.4 Å². The molecular weight excluding hydrogens is 1050 g/mol. The highest BCUT2D eigenvalue weighted by atomic mass is 32.1. The first-order chi connectivity index (χ1) is 37.8. The number of aliphatic hydroxyl groups excluding tert-OH is 1. The quantitative estimate of drug-likeness (QED) is 0.0165. The van der Waals surface area contributed by atoms with Gasteiger partial charge in [0.25, 0.3) is 11.8 Å². The molecule has 0 aliphatic heterocycles. The molecule has 79 heavy (non-hydrogen) atoms. The number of unbranched alkanes of at least 4 members (excludes halogenated alkanes) is 1. The normalized spacial score (nSPS) is 14.5. The van der Waals surface area contributed by atoms with Crippen molar-refractivity contribution in [3.63, 3.8) is 0 Å². The molecule has 5 aromatic rings. The molecule has 0 saturated heterocycles. The summed E-state index contributed by atoms with van der Waals surface area (Å²) in [4.78, 5) is 129. The number of aromatic amines is 1. The van der Waals surface area contributed by atoms with Crippen LogP contribution in [0.3, 0.4) is 0 Å². The topological polar surface area (TPSA) is 349 Å². The van der Waals surface area contributed by atoms with Gasteiger partial charge in [-0.1, -0.05) is 97.1 Å². The Kier molecular flexibility index (Phi) is 24.3. The lowest BCUT2D eigenvalue weighted by Gasteiger charge is -2.31. The second kappa shape index (κ2) is 31.0. The number of H-pyrrole nitrogens is 1. The Labute approximate surface area is 468 Å². The summed E-state index contributed by atoms with van der Waals surface area (Å²) in [7, 11) is 1.29. The monoisotopic (exact) mass is 1120 g/mol. The summed E-state index contributed by atoms with van der Waals surface area (Å²) in [5, 5.41) is 39.4. The number of benzene rings is 4. The van der Waals surface area contributed by atoms with Gasteiger partial charge in [0.05, 0.1) is 12.1 Å². The van der Waals surface area contributed by atoms with Crippen molar-refractivity contribution in [1.29, 1.82) is 0 Å². The predicted octanol–water partition coefficient (Wildman–Crippen LogP) is 0.100. The van der Waals surface area contributed by atoms with E-state index >= 15 is 0 Å². The highest BCUT2D eigenvalue weighted by Crippen LogP contribution is 2.20. The maximum atomic E-state index is 14.9. The Morgan fingerprint density at radius 2 is 1.05 bits per heavy atom. The van der Waals surface area contributed by atoms with Gasteiger partial charge in [-0.2, -0.15) is 25.3 Å². The number of carboxylic acid groups (broad SMARTS) is 1. The third-order valence-corrected chi connectivity index (χ3v) is 13.6. The van der Waals surface area contributed by atoms with Crippen molar-refractivity contribution in [3.05, 3.63) is 144 Å². The van der Waals surface area contributed by atoms with E-state index in [1.54, 1.807) is 103 Å². The lowest BCUT2D eigenvalue weighted by atomic mass is 10.0. The fourth-order valence-corrected chi connectivity index (χ4v) is 8.76. The van der Waals surface area contributed by atoms with Crippen LogP contribution in [0.15, 0.2) is 121 Å². The number of nitrogens with one attached hydrogen (secondary N) is 8. The SMILES string of the molecule is C[C@@H](O)[C@H](NC(=O)[C@H](CCCCN)NC(=O)[C@@H](Cc1c[nH]c2ccccc12)NC(=O)[C@H](Cc1ccccc1)NC(=O)[C@@H](NC(=O)[C@@H](N)CS)N(C)C(=O)c1ccccc1)C(=O)N[C@@H](Cc1ccccc1)C(=O)N[C@@H](CS)C(=O)O. The Bertz CT molecular complexity index is 2860. The van der Waals surface area contributed by atoms with Crippen molar-refractivity contribution in [1.82, 2.24) is 47.1 Å². The van der Waals surface area contributed by atoms with Crippen LogP contribution in [-0.4, -0.2) is 153 Å². The summed E-state index contributed by atoms with van der Waals surface area (Å²) in [6.45, 7) is 1.45. The zero-order chi connectivity index (χ0) is 57.6. The molecule has 9 atom stereocenters. The minimum Gasteiger partial charge on any atom is -0.480 e. The molecule has 4 aromatic carbocycles. The number of carbonyl (C=O) groups is 9. The van der Waals surface area contributed by atoms with Crippen LogP contribution < -0.4 is 48.7 Å². The number of nitrogens with two attached hydrogens (primary N) is 2. The molecule has 0 radical (unpaired) electrons. The van der Waals surface area contributed by atoms with E-state index in [0.29, 0.717) is 34.0 Å². The van der Waals surface area contributed by atoms with E-state index in [-0.39, 0.29) is 55.7 Å². The number of aliphatic hydroxyl groups is 1. The predicted molar refractivity (Wildman–Crippen MR) is 302 cm³/mol. The number of aliphatic carboxylic acids is 1. The molecule has 5 rings (SSSR count). The highest BCUT2D eigenvalue weighted by Gasteiger charge is 2.37. The zero-order valence-electron chi connectivity index (χ0n) is 43.7. The van der Waals surface area contributed by atoms with E-state index in [2.05, 4.69) is 67.5 Å². The Balaban J connectivity index is 1.46. The van der Waals surface area contributed by atoms with E-state index in [1.165, 1.54) is 26.1 Å². The van der Waals surface area contributed by atoms with Gasteiger partial charge in [0.15, 0.2) is 6.17 Å². The summed E-state index contributed by atoms with van der Waals surface area (Å²) in [6, 6.07) is 22.2. The number of likely N-dealkylation sites (N-methyl/N-ethyl adjacent to an activating group) is 1. The van der Waals surface area contributed by atoms with Crippen LogP contribution in [0.2, 0.25) is 0 Å². The lowest BCUT2D eigenvalue weighted by Crippen LogP contribution is -2.63. The highest BCUT2D eigenvalue weighted by molar-refractivity contribution is 7.80. The molecule has 0 spiro atoms. The van der Waals surface area contributed by atoms with Crippen LogP contribution in [0.5, 0.6) is 0 Å². The summed E-state index contributed by atoms with van der Waals surface area (Å²) >= 11 is 8.13. The Hall–Kier alpha value is -7.77. The molecule has 24 heteroatoms. The van der Waals surface area contributed by atoms with Gasteiger partial charge in [-0.15, -0.1) is 0 Å². The third kappa shape index (κ3) is 18.4. The molecule has 22 nitrogen and oxygen atoms in total. The molecule has 1 aromatic heterocycles. The van der Waals surface area contributed by atoms with Crippen molar-refractivity contribution in [2.45, 2.75) is 100 Å². The fraction of sp³-hybridized carbons (Fsp3) is 0.364. The molecule has 422 valence electrons. The van der Waals surface area contributed by atoms with Gasteiger partial charge < -0.3 is 68.8 Å². The van der Waals surface area contributed by atoms with Crippen LogP contribution in [-0.2, 0) is 57.6 Å². The number of aromatic nitrogens is 1. The standard InChI is InChI=1S/C55H69N11O11S2/c1-32(67)45(52(73)61-41(26-33-16-6-3-7-17-33)50(71)63-44(31-79)55(76)77)64-48(69)40(24-14-15-25-56)59-51(72)43(28-36-29-58-39-23-13-12-22-37(36)39)60-49(70)42(27-34-18-8-4-9-19-34)62-53(74)46(65-47(68)38(57)30-78)66(2)54(75)35-20-10-5-11-21-35/h3-13,16-23,29,32,38,40-46,58,67,78-79H,14-15,24-28,30-31,56-57H2,1-2H3,(H,59,72)(H,60,70)(H,61,73)(H,62,74)(H,63,71)(H,64,69)(H,65,68)(H,76,77)/t32-,38+,40+,41+,42+,43-,44+,45+,46+/m1/s1. The molecule has 8 amide bonds. The van der Waals surface area contributed by atoms with E-state index < -0.39 is 108 Å². The number of rotatable bonds is 30. The molecule has 1 heterocycles. The minimum absolute atomic E-state index is 0.0398. The van der Waals surface area contributed by atoms with Crippen LogP contribution in [0.1, 0.15) is 53.2 Å². The van der Waals surface area contributed by atoms with Gasteiger partial charge >= 0.3 is 5.97 Å². The van der Waals surface area contributed by atoms with Crippen LogP contribution in [0, 0.1) is 0 Å². The number of fused-ring (bicyclic) bond motifs is 1. The van der Waals surface area contributed by atoms with E-state index in [4.69, 9.17) is 11.5 Å². The van der Waals surface area contributed by atoms with Crippen LogP contribution in [0.4, 0.5) is 0 Å². The largest absolute Gasteiger partial charge is 0.480 e. The first-order valence-corrected chi connectivity index (χ1v) is 26.8. The van der Waals surface area contributed by atoms with Gasteiger partial charge in [-0.3, -0.25) is 38.4 Å². The second-order valence-corrected chi connectivity index (χ2v) is 19.5. The van der Waals surface area contributed by atoms with Crippen LogP contribution >= 0.6 is 25.3 Å². The summed E-state index contributed by atoms with van der Waals surface area (Å²) < 4.78 is 0. The lowest BCUT2D eigenvalue weighted by molar-refractivity contribution is -0.141. The average Bonchev–Trinajstić information content (AvgIpc) is 3.90. The van der Waals surface area contributed by atoms with E-state index in [9.17, 15) is 53.4 Å². The van der Waals surface area contributed by atoms with Crippen molar-refractivity contribution in [2.24, 2.45) is 11.5 Å². The number of thiol groups is 2. The average molecular weight is 1120 g/mol. The van der Waals surface area contributed by atoms with Crippen molar-refractivity contribution in [2.75, 3.05) is 25.1 Å². The minimum atomic E-state index is -1.72. The number of carbonyl (C=O) groups excluding carboxylic acids is 8. The third-order valence-electron chi connectivity index (χ3n) is 12.8. The molecule has 0 aliphatic rings. The van der Waals surface area contributed by atoms with Crippen molar-refractivity contribution < 1.29 is 53.4 Å². The van der Waals surface area contributed by atoms with E-state index in [1.807, 2.05) is 6.07 Å². The number of nitrogens with zero attached hydrogens (tertiary/aromatic N) is 1. The summed E-state index contributed by atoms with van der Waals surface area (Å²) in [5.41, 5.74) is 14.4. The van der Waals surface area contributed by atoms with Crippen molar-refractivity contribution in [3.8, 4) is 0 Å². The van der Waals surface area contributed by atoms with Gasteiger partial charge in [0.1, 0.15) is 36.3 Å². The molecule has 0 fully saturated rings. The Morgan fingerprint density at radius 1 is 0.570 bits per heavy atom. The molecule has 0 unspecified atom stereocenters. The molecule has 0 saturated carbocycles. The smallest absolute Gasteiger partial charge is 0.327 e. The Morgan fingerprint density at radius 3 is 1.58 bits per heavy atom. The molecule has 0 bridgehead atoms. The van der Waals surface area contributed by atoms with E-state index in [0.717, 1.165) is 4.90 Å². The maximum Gasteiger partial charge on any atom is 0.327 e. The first-order valence-electron chi connectivity index (χ1n) is 25.5. The second-order valence-electron chi connectivity index (χ2n) is 18.8. The summed E-state index contributed by atoms with van der Waals surface area (Å²) in [6.07, 6.45) is -1.40. The maximum absolute atomic E-state index is 14.9. The van der Waals surface area contributed by atoms with Gasteiger partial charge in [-0.05, 0) is 67.6 Å². The summed E-state index contributed by atoms with van der Waals surface area (Å²) in [5.74, 6) is -8.75. The number of hydrogen-bond donors (Lipinski definition) is 14. The number of para-hydroxylation sites is 1.